The molecule has 0 atom stereocenters. The molecule has 1 heterocycles. The number of hydrogen-bond donors (Lipinski definition) is 2. The summed E-state index contributed by atoms with van der Waals surface area (Å²) in [7, 11) is 0. The molecule has 0 fully saturated rings. The molecule has 3 aromatic rings. The zero-order chi connectivity index (χ0) is 12.5. The first-order chi connectivity index (χ1) is 8.79. The fourth-order valence-electron chi connectivity index (χ4n) is 2.02. The van der Waals surface area contributed by atoms with Gasteiger partial charge >= 0.3 is 0 Å². The largest absolute Gasteiger partial charge is 0.397 e. The van der Waals surface area contributed by atoms with Crippen LogP contribution in [0.3, 0.4) is 0 Å². The van der Waals surface area contributed by atoms with Crippen LogP contribution in [0.2, 0.25) is 0 Å². The van der Waals surface area contributed by atoms with Gasteiger partial charge in [-0.1, -0.05) is 24.3 Å². The molecular formula is C14H13N3S. The second-order valence-corrected chi connectivity index (χ2v) is 4.88. The highest BCUT2D eigenvalue weighted by Gasteiger charge is 2.10. The molecule has 90 valence electrons. The molecule has 0 amide bonds. The quantitative estimate of drug-likeness (QED) is 0.544. The third-order valence-corrected chi connectivity index (χ3v) is 3.70. The first-order valence-corrected chi connectivity index (χ1v) is 6.89. The van der Waals surface area contributed by atoms with Crippen LogP contribution in [0.4, 0.5) is 5.69 Å². The van der Waals surface area contributed by atoms with Gasteiger partial charge in [0, 0.05) is 10.5 Å². The van der Waals surface area contributed by atoms with E-state index < -0.39 is 0 Å². The van der Waals surface area contributed by atoms with Crippen molar-refractivity contribution in [2.75, 3.05) is 12.0 Å². The predicted molar refractivity (Wildman–Crippen MR) is 77.7 cm³/mol. The molecule has 3 rings (SSSR count). The summed E-state index contributed by atoms with van der Waals surface area (Å²) in [5.41, 5.74) is 9.56. The van der Waals surface area contributed by atoms with Crippen LogP contribution in [0.25, 0.3) is 22.4 Å². The molecule has 0 saturated heterocycles. The number of nitrogens with one attached hydrogen (secondary N) is 1. The van der Waals surface area contributed by atoms with E-state index in [9.17, 15) is 0 Å². The minimum absolute atomic E-state index is 0.705. The molecule has 0 unspecified atom stereocenters. The molecule has 18 heavy (non-hydrogen) atoms. The SMILES string of the molecule is CSc1ccccc1-c1nc2c(N)cccc2[nH]1. The van der Waals surface area contributed by atoms with Gasteiger partial charge in [0.25, 0.3) is 0 Å². The van der Waals surface area contributed by atoms with Crippen LogP contribution in [0.15, 0.2) is 47.4 Å². The molecule has 0 aliphatic heterocycles. The van der Waals surface area contributed by atoms with Crippen LogP contribution < -0.4 is 5.73 Å². The second-order valence-electron chi connectivity index (χ2n) is 4.03. The molecule has 0 saturated carbocycles. The van der Waals surface area contributed by atoms with Crippen LogP contribution in [0, 0.1) is 0 Å². The molecule has 0 bridgehead atoms. The summed E-state index contributed by atoms with van der Waals surface area (Å²) >= 11 is 1.71. The van der Waals surface area contributed by atoms with Crippen LogP contribution in [0.5, 0.6) is 0 Å². The van der Waals surface area contributed by atoms with Crippen molar-refractivity contribution in [3.8, 4) is 11.4 Å². The third kappa shape index (κ3) is 1.75. The van der Waals surface area contributed by atoms with Crippen LogP contribution >= 0.6 is 11.8 Å². The summed E-state index contributed by atoms with van der Waals surface area (Å²) in [4.78, 5) is 9.12. The lowest BCUT2D eigenvalue weighted by molar-refractivity contribution is 1.29. The molecular weight excluding hydrogens is 242 g/mol. The van der Waals surface area contributed by atoms with Gasteiger partial charge in [0.15, 0.2) is 0 Å². The number of hydrogen-bond acceptors (Lipinski definition) is 3. The molecule has 0 radical (unpaired) electrons. The molecule has 3 nitrogen and oxygen atoms in total. The van der Waals surface area contributed by atoms with E-state index in [0.717, 1.165) is 22.4 Å². The van der Waals surface area contributed by atoms with E-state index in [0.29, 0.717) is 5.69 Å². The molecule has 1 aromatic heterocycles. The molecule has 4 heteroatoms. The summed E-state index contributed by atoms with van der Waals surface area (Å²) in [6.07, 6.45) is 2.07. The highest BCUT2D eigenvalue weighted by Crippen LogP contribution is 2.30. The van der Waals surface area contributed by atoms with Gasteiger partial charge in [0.2, 0.25) is 0 Å². The summed E-state index contributed by atoms with van der Waals surface area (Å²) in [6.45, 7) is 0. The monoisotopic (exact) mass is 255 g/mol. The van der Waals surface area contributed by atoms with E-state index >= 15 is 0 Å². The normalized spacial score (nSPS) is 10.9. The number of para-hydroxylation sites is 1. The van der Waals surface area contributed by atoms with Crippen LogP contribution in [0.1, 0.15) is 0 Å². The maximum atomic E-state index is 5.93. The maximum absolute atomic E-state index is 5.93. The Balaban J connectivity index is 2.23. The predicted octanol–water partition coefficient (Wildman–Crippen LogP) is 3.53. The highest BCUT2D eigenvalue weighted by molar-refractivity contribution is 7.98. The van der Waals surface area contributed by atoms with Crippen LogP contribution in [-0.2, 0) is 0 Å². The van der Waals surface area contributed by atoms with Gasteiger partial charge in [0.05, 0.1) is 11.2 Å². The number of fused-ring (bicyclic) bond motifs is 1. The van der Waals surface area contributed by atoms with E-state index in [1.807, 2.05) is 30.3 Å². The minimum Gasteiger partial charge on any atom is -0.397 e. The fraction of sp³-hybridized carbons (Fsp3) is 0.0714. The van der Waals surface area contributed by atoms with Crippen molar-refractivity contribution in [2.24, 2.45) is 0 Å². The first-order valence-electron chi connectivity index (χ1n) is 5.67. The van der Waals surface area contributed by atoms with Crippen molar-refractivity contribution >= 4 is 28.5 Å². The number of nitrogens with two attached hydrogens (primary N) is 1. The molecule has 0 aliphatic rings. The number of thioether (sulfide) groups is 1. The van der Waals surface area contributed by atoms with Crippen molar-refractivity contribution in [1.29, 1.82) is 0 Å². The number of nitrogen functional groups attached to an aromatic ring is 1. The Morgan fingerprint density at radius 2 is 1.94 bits per heavy atom. The van der Waals surface area contributed by atoms with Crippen LogP contribution in [-0.4, -0.2) is 16.2 Å². The summed E-state index contributed by atoms with van der Waals surface area (Å²) in [5, 5.41) is 0. The van der Waals surface area contributed by atoms with Gasteiger partial charge in [-0.25, -0.2) is 4.98 Å². The number of imidazole rings is 1. The molecule has 3 N–H and O–H groups in total. The van der Waals surface area contributed by atoms with E-state index in [4.69, 9.17) is 5.73 Å². The average molecular weight is 255 g/mol. The van der Waals surface area contributed by atoms with E-state index in [-0.39, 0.29) is 0 Å². The maximum Gasteiger partial charge on any atom is 0.139 e. The standard InChI is InChI=1S/C14H13N3S/c1-18-12-8-3-2-5-9(12)14-16-11-7-4-6-10(15)13(11)17-14/h2-8H,15H2,1H3,(H,16,17). The topological polar surface area (TPSA) is 54.7 Å². The lowest BCUT2D eigenvalue weighted by Crippen LogP contribution is -1.85. The fourth-order valence-corrected chi connectivity index (χ4v) is 2.62. The Labute approximate surface area is 109 Å². The lowest BCUT2D eigenvalue weighted by Gasteiger charge is -2.02. The first kappa shape index (κ1) is 11.2. The van der Waals surface area contributed by atoms with Gasteiger partial charge < -0.3 is 10.7 Å². The van der Waals surface area contributed by atoms with E-state index in [2.05, 4.69) is 28.4 Å². The van der Waals surface area contributed by atoms with Crippen molar-refractivity contribution in [1.82, 2.24) is 9.97 Å². The number of aromatic amines is 1. The van der Waals surface area contributed by atoms with E-state index in [1.165, 1.54) is 4.90 Å². The zero-order valence-electron chi connectivity index (χ0n) is 9.97. The van der Waals surface area contributed by atoms with Crippen molar-refractivity contribution in [3.63, 3.8) is 0 Å². The Hall–Kier alpha value is -1.94. The third-order valence-electron chi connectivity index (χ3n) is 2.91. The Morgan fingerprint density at radius 3 is 2.72 bits per heavy atom. The van der Waals surface area contributed by atoms with Crippen molar-refractivity contribution in [2.45, 2.75) is 4.90 Å². The molecule has 0 spiro atoms. The summed E-state index contributed by atoms with van der Waals surface area (Å²) < 4.78 is 0. The number of anilines is 1. The van der Waals surface area contributed by atoms with Gasteiger partial charge in [-0.05, 0) is 24.5 Å². The average Bonchev–Trinajstić information content (AvgIpc) is 2.84. The zero-order valence-corrected chi connectivity index (χ0v) is 10.8. The summed E-state index contributed by atoms with van der Waals surface area (Å²) in [5.74, 6) is 0.868. The van der Waals surface area contributed by atoms with Crippen molar-refractivity contribution < 1.29 is 0 Å². The number of H-pyrrole nitrogens is 1. The number of benzene rings is 2. The second kappa shape index (κ2) is 4.38. The number of rotatable bonds is 2. The number of aromatic nitrogens is 2. The van der Waals surface area contributed by atoms with Gasteiger partial charge in [-0.15, -0.1) is 11.8 Å². The molecule has 0 aliphatic carbocycles. The molecule has 2 aromatic carbocycles. The Bertz CT molecular complexity index is 703. The highest BCUT2D eigenvalue weighted by atomic mass is 32.2. The van der Waals surface area contributed by atoms with E-state index in [1.54, 1.807) is 11.8 Å². The van der Waals surface area contributed by atoms with Gasteiger partial charge in [0.1, 0.15) is 11.3 Å². The van der Waals surface area contributed by atoms with Gasteiger partial charge in [-0.3, -0.25) is 0 Å². The Morgan fingerprint density at radius 1 is 1.11 bits per heavy atom. The summed E-state index contributed by atoms with van der Waals surface area (Å²) in [6, 6.07) is 14.0. The van der Waals surface area contributed by atoms with Crippen molar-refractivity contribution in [3.05, 3.63) is 42.5 Å². The lowest BCUT2D eigenvalue weighted by atomic mass is 10.2. The van der Waals surface area contributed by atoms with Gasteiger partial charge in [-0.2, -0.15) is 0 Å². The smallest absolute Gasteiger partial charge is 0.139 e. The number of nitrogens with zero attached hydrogens (tertiary/aromatic N) is 1. The minimum atomic E-state index is 0.705. The Kier molecular flexibility index (Phi) is 2.72.